The van der Waals surface area contributed by atoms with Crippen molar-refractivity contribution in [1.82, 2.24) is 29.7 Å². The molecule has 5 rings (SSSR count). The molecule has 1 fully saturated rings. The minimum Gasteiger partial charge on any atom is -0.354 e. The monoisotopic (exact) mass is 569 g/mol. The third kappa shape index (κ3) is 5.28. The first-order valence-electron chi connectivity index (χ1n) is 12.8. The second-order valence-electron chi connectivity index (χ2n) is 9.95. The van der Waals surface area contributed by atoms with Crippen molar-refractivity contribution >= 4 is 50.6 Å². The number of halogens is 1. The highest BCUT2D eigenvalue weighted by Crippen LogP contribution is 2.39. The molecule has 2 aliphatic rings. The Morgan fingerprint density at radius 3 is 2.67 bits per heavy atom. The third-order valence-corrected chi connectivity index (χ3v) is 9.32. The van der Waals surface area contributed by atoms with Crippen LogP contribution < -0.4 is 15.1 Å². The van der Waals surface area contributed by atoms with Gasteiger partial charge in [0.05, 0.1) is 17.9 Å². The fourth-order valence-electron chi connectivity index (χ4n) is 4.84. The first-order valence-corrected chi connectivity index (χ1v) is 14.5. The highest BCUT2D eigenvalue weighted by molar-refractivity contribution is 8.04. The van der Waals surface area contributed by atoms with Gasteiger partial charge in [-0.25, -0.2) is 9.37 Å². The summed E-state index contributed by atoms with van der Waals surface area (Å²) in [4.78, 5) is 26.5. The Morgan fingerprint density at radius 1 is 1.26 bits per heavy atom. The van der Waals surface area contributed by atoms with Gasteiger partial charge < -0.3 is 20.0 Å². The largest absolute Gasteiger partial charge is 0.354 e. The van der Waals surface area contributed by atoms with Crippen LogP contribution in [0, 0.1) is 17.1 Å². The van der Waals surface area contributed by atoms with Crippen LogP contribution in [-0.2, 0) is 11.2 Å². The second kappa shape index (κ2) is 11.0. The number of benzene rings is 1. The lowest BCUT2D eigenvalue weighted by Gasteiger charge is -2.26. The zero-order chi connectivity index (χ0) is 27.8. The number of amides is 1. The zero-order valence-electron chi connectivity index (χ0n) is 22.7. The molecule has 10 nitrogen and oxygen atoms in total. The molecule has 2 aromatic heterocycles. The highest BCUT2D eigenvalue weighted by atomic mass is 32.2. The van der Waals surface area contributed by atoms with Crippen LogP contribution >= 0.6 is 23.1 Å². The first-order chi connectivity index (χ1) is 18.7. The number of thioether (sulfide) groups is 1. The Labute approximate surface area is 235 Å². The van der Waals surface area contributed by atoms with Crippen LogP contribution in [0.5, 0.6) is 0 Å². The topological polar surface area (TPSA) is 96.0 Å². The molecule has 0 saturated carbocycles. The average Bonchev–Trinajstić information content (AvgIpc) is 3.70. The van der Waals surface area contributed by atoms with Crippen LogP contribution in [0.4, 0.5) is 15.3 Å². The number of rotatable bonds is 8. The van der Waals surface area contributed by atoms with Gasteiger partial charge in [-0.1, -0.05) is 30.0 Å². The predicted octanol–water partition coefficient (Wildman–Crippen LogP) is 3.04. The lowest BCUT2D eigenvalue weighted by molar-refractivity contribution is -0.130. The number of aromatic nitrogens is 3. The number of imidazole rings is 1. The van der Waals surface area contributed by atoms with Gasteiger partial charge in [-0.05, 0) is 49.7 Å². The molecule has 0 aliphatic carbocycles. The minimum absolute atomic E-state index is 0.0958. The van der Waals surface area contributed by atoms with Gasteiger partial charge in [0.15, 0.2) is 11.3 Å². The maximum Gasteiger partial charge on any atom is 0.236 e. The highest BCUT2D eigenvalue weighted by Gasteiger charge is 2.33. The number of allylic oxidation sites excluding steroid dienone is 1. The van der Waals surface area contributed by atoms with E-state index in [-0.39, 0.29) is 23.3 Å². The van der Waals surface area contributed by atoms with E-state index in [2.05, 4.69) is 33.0 Å². The van der Waals surface area contributed by atoms with Crippen LogP contribution in [0.1, 0.15) is 24.6 Å². The van der Waals surface area contributed by atoms with E-state index in [0.29, 0.717) is 17.1 Å². The molecule has 2 aliphatic heterocycles. The van der Waals surface area contributed by atoms with Crippen molar-refractivity contribution in [2.45, 2.75) is 31.3 Å². The number of nitriles is 1. The van der Waals surface area contributed by atoms with Crippen LogP contribution in [0.15, 0.2) is 29.2 Å². The van der Waals surface area contributed by atoms with Crippen LogP contribution in [0.25, 0.3) is 10.7 Å². The quantitative estimate of drug-likeness (QED) is 0.439. The fraction of sp³-hybridized carbons (Fsp3) is 0.462. The number of carbonyl (C=O) groups is 1. The van der Waals surface area contributed by atoms with Crippen LogP contribution in [0.2, 0.25) is 0 Å². The van der Waals surface area contributed by atoms with Gasteiger partial charge >= 0.3 is 0 Å². The van der Waals surface area contributed by atoms with Gasteiger partial charge in [0, 0.05) is 40.3 Å². The molecule has 206 valence electrons. The van der Waals surface area contributed by atoms with Crippen molar-refractivity contribution in [1.29, 1.82) is 5.26 Å². The number of carbonyl (C=O) groups excluding carboxylic acids is 1. The molecule has 4 heterocycles. The molecule has 0 bridgehead atoms. The van der Waals surface area contributed by atoms with E-state index in [1.165, 1.54) is 23.9 Å². The molecule has 13 heteroatoms. The molecule has 1 saturated heterocycles. The van der Waals surface area contributed by atoms with Gasteiger partial charge in [0.1, 0.15) is 16.8 Å². The molecule has 0 spiro atoms. The number of anilines is 2. The van der Waals surface area contributed by atoms with Crippen molar-refractivity contribution in [2.75, 3.05) is 57.6 Å². The molecular formula is C26H32FN9OS2. The number of nitrogens with one attached hydrogen (secondary N) is 1. The third-order valence-electron chi connectivity index (χ3n) is 7.16. The molecule has 1 amide bonds. The smallest absolute Gasteiger partial charge is 0.236 e. The number of hydrogen-bond donors (Lipinski definition) is 1. The second-order valence-corrected chi connectivity index (χ2v) is 12.0. The molecule has 0 radical (unpaired) electrons. The Balaban J connectivity index is 1.35. The number of hydrogen-bond acceptors (Lipinski definition) is 10. The van der Waals surface area contributed by atoms with E-state index in [4.69, 9.17) is 10.1 Å². The van der Waals surface area contributed by atoms with E-state index in [1.54, 1.807) is 42.5 Å². The Morgan fingerprint density at radius 2 is 2.00 bits per heavy atom. The summed E-state index contributed by atoms with van der Waals surface area (Å²) >= 11 is 2.98. The summed E-state index contributed by atoms with van der Waals surface area (Å²) in [6.07, 6.45) is 1.70. The van der Waals surface area contributed by atoms with E-state index in [9.17, 15) is 14.4 Å². The predicted molar refractivity (Wildman–Crippen MR) is 154 cm³/mol. The van der Waals surface area contributed by atoms with Gasteiger partial charge in [-0.3, -0.25) is 9.69 Å². The van der Waals surface area contributed by atoms with E-state index in [1.807, 2.05) is 18.6 Å². The summed E-state index contributed by atoms with van der Waals surface area (Å²) in [5.74, 6) is 0.657. The van der Waals surface area contributed by atoms with Crippen molar-refractivity contribution in [3.05, 3.63) is 46.2 Å². The molecule has 39 heavy (non-hydrogen) atoms. The lowest BCUT2D eigenvalue weighted by Crippen LogP contribution is -2.41. The zero-order valence-corrected chi connectivity index (χ0v) is 24.3. The summed E-state index contributed by atoms with van der Waals surface area (Å²) in [6.45, 7) is 4.13. The number of likely N-dealkylation sites (N-methyl/N-ethyl adjacent to an activating group) is 2. The van der Waals surface area contributed by atoms with E-state index >= 15 is 0 Å². The number of nitrogens with zero attached hydrogens (tertiary/aromatic N) is 8. The lowest BCUT2D eigenvalue weighted by atomic mass is 10.1. The first kappa shape index (κ1) is 27.2. The van der Waals surface area contributed by atoms with Gasteiger partial charge in [0.2, 0.25) is 16.0 Å². The Bertz CT molecular complexity index is 1440. The van der Waals surface area contributed by atoms with Crippen molar-refractivity contribution < 1.29 is 9.18 Å². The molecule has 1 aromatic carbocycles. The maximum absolute atomic E-state index is 13.5. The summed E-state index contributed by atoms with van der Waals surface area (Å²) in [6, 6.07) is 8.71. The molecule has 3 aromatic rings. The van der Waals surface area contributed by atoms with Crippen molar-refractivity contribution in [2.24, 2.45) is 0 Å². The summed E-state index contributed by atoms with van der Waals surface area (Å²) < 4.78 is 15.4. The number of fused-ring (bicyclic) bond motifs is 1. The van der Waals surface area contributed by atoms with E-state index in [0.717, 1.165) is 53.1 Å². The van der Waals surface area contributed by atoms with Gasteiger partial charge in [-0.2, -0.15) is 9.78 Å². The molecule has 2 atom stereocenters. The van der Waals surface area contributed by atoms with Gasteiger partial charge in [-0.15, -0.1) is 5.10 Å². The van der Waals surface area contributed by atoms with Gasteiger partial charge in [0.25, 0.3) is 0 Å². The molecular weight excluding hydrogens is 537 g/mol. The minimum atomic E-state index is -0.316. The molecule has 2 unspecified atom stereocenters. The molecule has 1 N–H and O–H groups in total. The Hall–Kier alpha value is -3.34. The Kier molecular flexibility index (Phi) is 7.70. The standard InChI is InChI=1S/C26H32FN9OS2/c1-6-19-23(34(5)24-30-22(20(13-28)38-24)16-7-9-17(27)10-8-16)36-25(29-19)39-26(31-36)35-12-11-18(14-35)33(4)15-21(37)32(2)3/h7-10,18,24,30H,6,11-12,14-15H2,1-5H3. The number of aryl methyl sites for hydroxylation is 1. The normalized spacial score (nSPS) is 19.2. The maximum atomic E-state index is 13.5. The summed E-state index contributed by atoms with van der Waals surface area (Å²) in [5.41, 5.74) is 2.13. The average molecular weight is 570 g/mol. The van der Waals surface area contributed by atoms with Crippen LogP contribution in [-0.4, -0.2) is 89.7 Å². The van der Waals surface area contributed by atoms with Crippen LogP contribution in [0.3, 0.4) is 0 Å². The fourth-order valence-corrected chi connectivity index (χ4v) is 6.79. The summed E-state index contributed by atoms with van der Waals surface area (Å²) in [5, 5.41) is 19.1. The van der Waals surface area contributed by atoms with Crippen molar-refractivity contribution in [3.63, 3.8) is 0 Å². The SMILES string of the molecule is CCc1nc2sc(N3CCC(N(C)CC(=O)N(C)C)C3)nn2c1N(C)C1NC(c2ccc(F)cc2)=C(C#N)S1. The van der Waals surface area contributed by atoms with E-state index < -0.39 is 0 Å². The summed E-state index contributed by atoms with van der Waals surface area (Å²) in [7, 11) is 7.53. The van der Waals surface area contributed by atoms with Crippen molar-refractivity contribution in [3.8, 4) is 6.07 Å².